The van der Waals surface area contributed by atoms with Crippen molar-refractivity contribution in [1.82, 2.24) is 9.80 Å². The molecule has 0 aliphatic carbocycles. The number of nitrogens with zero attached hydrogens (tertiary/aromatic N) is 3. The Balaban J connectivity index is 1.56. The van der Waals surface area contributed by atoms with Gasteiger partial charge < -0.3 is 28.8 Å². The molecular weight excluding hydrogens is 586 g/mol. The van der Waals surface area contributed by atoms with Crippen molar-refractivity contribution in [3.05, 3.63) is 39.4 Å². The second kappa shape index (κ2) is 10.5. The average Bonchev–Trinajstić information content (AvgIpc) is 3.47. The lowest BCUT2D eigenvalue weighted by atomic mass is 9.71. The van der Waals surface area contributed by atoms with Gasteiger partial charge in [-0.2, -0.15) is 17.0 Å². The minimum absolute atomic E-state index is 0.00697. The van der Waals surface area contributed by atoms with Crippen LogP contribution in [0.5, 0.6) is 28.7 Å². The Kier molecular flexibility index (Phi) is 6.91. The molecule has 2 aromatic rings. The van der Waals surface area contributed by atoms with Crippen molar-refractivity contribution in [2.75, 3.05) is 33.3 Å². The van der Waals surface area contributed by atoms with E-state index in [9.17, 15) is 20.0 Å². The molecule has 7 atom stereocenters. The molecule has 0 saturated carbocycles. The van der Waals surface area contributed by atoms with Crippen LogP contribution in [-0.4, -0.2) is 78.3 Å². The fourth-order valence-corrected chi connectivity index (χ4v) is 9.58. The number of thioether (sulfide) groups is 1. The Morgan fingerprint density at radius 1 is 1.16 bits per heavy atom. The van der Waals surface area contributed by atoms with Crippen molar-refractivity contribution >= 4 is 23.7 Å². The topological polar surface area (TPSA) is 131 Å². The van der Waals surface area contributed by atoms with Gasteiger partial charge in [0.1, 0.15) is 18.4 Å². The number of aromatic hydroxyl groups is 1. The molecule has 0 unspecified atom stereocenters. The van der Waals surface area contributed by atoms with Crippen LogP contribution in [0.1, 0.15) is 64.6 Å². The quantitative estimate of drug-likeness (QED) is 0.386. The maximum atomic E-state index is 13.1. The first-order valence-electron chi connectivity index (χ1n) is 14.8. The van der Waals surface area contributed by atoms with Gasteiger partial charge >= 0.3 is 11.9 Å². The van der Waals surface area contributed by atoms with E-state index >= 15 is 0 Å². The Morgan fingerprint density at radius 2 is 1.91 bits per heavy atom. The van der Waals surface area contributed by atoms with Gasteiger partial charge in [0.05, 0.1) is 36.4 Å². The van der Waals surface area contributed by atoms with Crippen molar-refractivity contribution in [3.63, 3.8) is 0 Å². The van der Waals surface area contributed by atoms with Gasteiger partial charge in [0.25, 0.3) is 0 Å². The molecule has 2 saturated heterocycles. The summed E-state index contributed by atoms with van der Waals surface area (Å²) in [5, 5.41) is 22.2. The van der Waals surface area contributed by atoms with Crippen LogP contribution in [0, 0.1) is 31.1 Å². The lowest BCUT2D eigenvalue weighted by molar-refractivity contribution is -0.153. The number of carbonyl (C=O) groups is 2. The molecule has 7 rings (SSSR count). The summed E-state index contributed by atoms with van der Waals surface area (Å²) in [4.78, 5) is 30.0. The van der Waals surface area contributed by atoms with Crippen LogP contribution in [0.3, 0.4) is 0 Å². The van der Waals surface area contributed by atoms with Gasteiger partial charge in [0.2, 0.25) is 6.79 Å². The van der Waals surface area contributed by atoms with Crippen LogP contribution >= 0.6 is 11.8 Å². The van der Waals surface area contributed by atoms with Crippen molar-refractivity contribution in [3.8, 4) is 34.8 Å². The normalized spacial score (nSPS) is 30.4. The number of piperazine rings is 1. The molecule has 12 heteroatoms. The van der Waals surface area contributed by atoms with E-state index in [1.54, 1.807) is 18.9 Å². The molecule has 1 N–H and O–H groups in total. The number of hydrogen-bond donors (Lipinski definition) is 1. The third-order valence-electron chi connectivity index (χ3n) is 9.86. The molecule has 5 aliphatic heterocycles. The van der Waals surface area contributed by atoms with Crippen LogP contribution in [0.2, 0.25) is 0 Å². The number of cyclic esters (lactones) is 1. The highest BCUT2D eigenvalue weighted by Gasteiger charge is 2.60. The van der Waals surface area contributed by atoms with Gasteiger partial charge in [-0.3, -0.25) is 19.4 Å². The van der Waals surface area contributed by atoms with E-state index in [1.807, 2.05) is 27.8 Å². The average molecular weight is 622 g/mol. The van der Waals surface area contributed by atoms with Gasteiger partial charge in [-0.05, 0) is 38.4 Å². The van der Waals surface area contributed by atoms with Gasteiger partial charge in [-0.1, -0.05) is 13.0 Å². The zero-order valence-corrected chi connectivity index (χ0v) is 26.3. The molecule has 0 amide bonds. The van der Waals surface area contributed by atoms with E-state index in [-0.39, 0.29) is 54.4 Å². The summed E-state index contributed by atoms with van der Waals surface area (Å²) in [5.74, 6) is 1.17. The van der Waals surface area contributed by atoms with Gasteiger partial charge in [0, 0.05) is 47.0 Å². The summed E-state index contributed by atoms with van der Waals surface area (Å²) in [6.45, 7) is 6.93. The monoisotopic (exact) mass is 621 g/mol. The first-order valence-corrected chi connectivity index (χ1v) is 15.8. The lowest BCUT2D eigenvalue weighted by Gasteiger charge is -2.61. The number of methoxy groups -OCH3 is 1. The van der Waals surface area contributed by atoms with E-state index in [0.29, 0.717) is 46.3 Å². The number of esters is 2. The van der Waals surface area contributed by atoms with E-state index in [4.69, 9.17) is 23.7 Å². The zero-order valence-electron chi connectivity index (χ0n) is 25.5. The number of carbonyl (C=O) groups excluding carboxylic acids is 2. The van der Waals surface area contributed by atoms with Crippen molar-refractivity contribution in [1.29, 1.82) is 5.26 Å². The highest BCUT2D eigenvalue weighted by molar-refractivity contribution is 7.99. The van der Waals surface area contributed by atoms with Gasteiger partial charge in [-0.15, -0.1) is 0 Å². The fraction of sp³-hybridized carbons (Fsp3) is 0.531. The van der Waals surface area contributed by atoms with E-state index in [2.05, 4.69) is 21.9 Å². The van der Waals surface area contributed by atoms with Crippen molar-refractivity contribution in [2.24, 2.45) is 5.92 Å². The van der Waals surface area contributed by atoms with Crippen LogP contribution in [-0.2, 0) is 20.7 Å². The largest absolute Gasteiger partial charge is 0.504 e. The maximum Gasteiger partial charge on any atom is 0.309 e. The number of aryl methyl sites for hydroxylation is 1. The SMILES string of the molecule is COc1c(C)cc2c(c1O)[C@@H]1[C@@H]3[C@@H]4SC[C@H](C)C(=O)OC[C@@H](c5c6c(c(C)c(OC(C)=O)c54)OCO6)N3[C@@H](C#N)[C@H](C2)N1C. The predicted octanol–water partition coefficient (Wildman–Crippen LogP) is 3.87. The van der Waals surface area contributed by atoms with Crippen LogP contribution in [0.25, 0.3) is 0 Å². The molecular formula is C32H35N3O8S. The molecule has 11 nitrogen and oxygen atoms in total. The van der Waals surface area contributed by atoms with Gasteiger partial charge in [0.15, 0.2) is 23.0 Å². The first kappa shape index (κ1) is 29.1. The number of phenols is 1. The standard InChI is InChI=1S/C32H35N3O8S/c1-13-7-17-8-18-19(9-33)35-20-10-40-32(38)14(2)11-44-31(25(35)24(34(18)5)21(17)26(37)27(13)39-6)23-22(20)30-29(41-12-42-30)15(3)28(23)43-16(4)36/h7,14,18-20,24-25,31,37H,8,10-12H2,1-6H3/t14-,18-,19-,20-,24+,25+,31+/m0/s1. The Hall–Kier alpha value is -3.66. The first-order chi connectivity index (χ1) is 21.1. The summed E-state index contributed by atoms with van der Waals surface area (Å²) in [6.07, 6.45) is 0.542. The number of phenolic OH excluding ortho intramolecular Hbond substituents is 1. The van der Waals surface area contributed by atoms with Crippen LogP contribution in [0.4, 0.5) is 0 Å². The fourth-order valence-electron chi connectivity index (χ4n) is 8.06. The minimum atomic E-state index is -0.606. The number of rotatable bonds is 2. The van der Waals surface area contributed by atoms with E-state index < -0.39 is 18.1 Å². The number of fused-ring (bicyclic) bond motifs is 9. The van der Waals surface area contributed by atoms with Crippen molar-refractivity contribution < 1.29 is 38.4 Å². The summed E-state index contributed by atoms with van der Waals surface area (Å²) in [5.41, 5.74) is 4.70. The smallest absolute Gasteiger partial charge is 0.309 e. The van der Waals surface area contributed by atoms with E-state index in [0.717, 1.165) is 22.3 Å². The molecule has 2 aromatic carbocycles. The summed E-state index contributed by atoms with van der Waals surface area (Å²) < 4.78 is 29.6. The second-order valence-corrected chi connectivity index (χ2v) is 13.5. The molecule has 44 heavy (non-hydrogen) atoms. The predicted molar refractivity (Wildman–Crippen MR) is 159 cm³/mol. The second-order valence-electron chi connectivity index (χ2n) is 12.3. The number of hydrogen-bond acceptors (Lipinski definition) is 12. The van der Waals surface area contributed by atoms with Crippen molar-refractivity contribution in [2.45, 2.75) is 69.6 Å². The molecule has 0 radical (unpaired) electrons. The highest BCUT2D eigenvalue weighted by atomic mass is 32.2. The molecule has 2 fully saturated rings. The number of ether oxygens (including phenoxy) is 5. The molecule has 4 bridgehead atoms. The molecule has 0 spiro atoms. The Morgan fingerprint density at radius 3 is 2.61 bits per heavy atom. The summed E-state index contributed by atoms with van der Waals surface area (Å²) in [7, 11) is 3.55. The lowest BCUT2D eigenvalue weighted by Crippen LogP contribution is -2.69. The van der Waals surface area contributed by atoms with Crippen LogP contribution < -0.4 is 18.9 Å². The molecule has 0 aromatic heterocycles. The summed E-state index contributed by atoms with van der Waals surface area (Å²) >= 11 is 1.57. The Labute approximate surface area is 259 Å². The summed E-state index contributed by atoms with van der Waals surface area (Å²) in [6, 6.07) is 2.50. The Bertz CT molecular complexity index is 1640. The number of likely N-dealkylation sites (N-methyl/N-ethyl adjacent to an activating group) is 1. The molecule has 5 aliphatic rings. The minimum Gasteiger partial charge on any atom is -0.504 e. The molecule has 232 valence electrons. The number of nitriles is 1. The van der Waals surface area contributed by atoms with Gasteiger partial charge in [-0.25, -0.2) is 0 Å². The third kappa shape index (κ3) is 3.95. The number of benzene rings is 2. The highest BCUT2D eigenvalue weighted by Crippen LogP contribution is 2.64. The molecule has 5 heterocycles. The van der Waals surface area contributed by atoms with Crippen LogP contribution in [0.15, 0.2) is 6.07 Å². The van der Waals surface area contributed by atoms with E-state index in [1.165, 1.54) is 6.92 Å². The third-order valence-corrected chi connectivity index (χ3v) is 11.4. The zero-order chi connectivity index (χ0) is 31.2. The maximum absolute atomic E-state index is 13.1.